The Morgan fingerprint density at radius 2 is 1.77 bits per heavy atom. The average Bonchev–Trinajstić information content (AvgIpc) is 3.15. The molecule has 0 fully saturated rings. The zero-order chi connectivity index (χ0) is 18.4. The minimum absolute atomic E-state index is 0.463. The highest BCUT2D eigenvalue weighted by Crippen LogP contribution is 2.10. The first-order valence-corrected chi connectivity index (χ1v) is 9.34. The van der Waals surface area contributed by atoms with Crippen molar-refractivity contribution in [1.82, 2.24) is 15.0 Å². The summed E-state index contributed by atoms with van der Waals surface area (Å²) in [6.45, 7) is 4.05. The topological polar surface area (TPSA) is 51.8 Å². The van der Waals surface area contributed by atoms with Gasteiger partial charge >= 0.3 is 0 Å². The minimum Gasteiger partial charge on any atom is -0.336 e. The third-order valence-corrected chi connectivity index (χ3v) is 4.77. The van der Waals surface area contributed by atoms with Gasteiger partial charge in [0, 0.05) is 5.56 Å². The fourth-order valence-electron chi connectivity index (χ4n) is 3.16. The van der Waals surface area contributed by atoms with E-state index in [4.69, 9.17) is 0 Å². The maximum absolute atomic E-state index is 4.59. The Hall–Kier alpha value is -2.50. The molecule has 5 heteroatoms. The van der Waals surface area contributed by atoms with Crippen molar-refractivity contribution in [2.75, 3.05) is 20.6 Å². The first kappa shape index (κ1) is 18.3. The van der Waals surface area contributed by atoms with Crippen molar-refractivity contribution >= 4 is 0 Å². The highest BCUT2D eigenvalue weighted by molar-refractivity contribution is 5.28. The third-order valence-electron chi connectivity index (χ3n) is 4.77. The second-order valence-electron chi connectivity index (χ2n) is 6.91. The number of rotatable bonds is 8. The quantitative estimate of drug-likeness (QED) is 0.630. The van der Waals surface area contributed by atoms with Gasteiger partial charge in [0.1, 0.15) is 18.8 Å². The van der Waals surface area contributed by atoms with E-state index in [1.807, 2.05) is 36.5 Å². The minimum atomic E-state index is 0.463. The molecule has 0 aliphatic heterocycles. The van der Waals surface area contributed by atoms with Crippen LogP contribution in [-0.4, -0.2) is 35.6 Å². The molecule has 136 valence electrons. The lowest BCUT2D eigenvalue weighted by Crippen LogP contribution is -3.09. The lowest BCUT2D eigenvalue weighted by molar-refractivity contribution is -0.910. The lowest BCUT2D eigenvalue weighted by atomic mass is 10.0. The van der Waals surface area contributed by atoms with Crippen LogP contribution in [0.5, 0.6) is 0 Å². The number of aromatic nitrogens is 3. The van der Waals surface area contributed by atoms with E-state index in [0.717, 1.165) is 30.9 Å². The molecule has 0 unspecified atom stereocenters. The van der Waals surface area contributed by atoms with Gasteiger partial charge in [0.15, 0.2) is 6.04 Å². The summed E-state index contributed by atoms with van der Waals surface area (Å²) >= 11 is 0. The average molecular weight is 351 g/mol. The number of hydrogen-bond acceptors (Lipinski definition) is 2. The maximum atomic E-state index is 4.59. The molecule has 0 spiro atoms. The number of quaternary nitrogens is 2. The van der Waals surface area contributed by atoms with Gasteiger partial charge in [0.05, 0.1) is 26.0 Å². The van der Waals surface area contributed by atoms with E-state index in [-0.39, 0.29) is 0 Å². The van der Waals surface area contributed by atoms with Gasteiger partial charge in [-0.25, -0.2) is 0 Å². The fourth-order valence-corrected chi connectivity index (χ4v) is 3.16. The Bertz CT molecular complexity index is 793. The summed E-state index contributed by atoms with van der Waals surface area (Å²) < 4.78 is 0. The molecule has 1 atom stereocenters. The van der Waals surface area contributed by atoms with E-state index in [0.29, 0.717) is 6.04 Å². The van der Waals surface area contributed by atoms with Gasteiger partial charge in [-0.1, -0.05) is 49.4 Å². The van der Waals surface area contributed by atoms with Crippen LogP contribution in [-0.2, 0) is 13.0 Å². The smallest absolute Gasteiger partial charge is 0.162 e. The normalized spacial score (nSPS) is 12.5. The van der Waals surface area contributed by atoms with Gasteiger partial charge < -0.3 is 10.2 Å². The van der Waals surface area contributed by atoms with Crippen molar-refractivity contribution < 1.29 is 10.2 Å². The molecule has 0 saturated carbocycles. The largest absolute Gasteiger partial charge is 0.336 e. The van der Waals surface area contributed by atoms with E-state index < -0.39 is 0 Å². The van der Waals surface area contributed by atoms with E-state index in [1.165, 1.54) is 16.0 Å². The molecule has 0 aliphatic rings. The molecule has 5 nitrogen and oxygen atoms in total. The maximum Gasteiger partial charge on any atom is 0.162 e. The Morgan fingerprint density at radius 3 is 2.42 bits per heavy atom. The van der Waals surface area contributed by atoms with Crippen LogP contribution in [0.4, 0.5) is 0 Å². The monoisotopic (exact) mass is 351 g/mol. The van der Waals surface area contributed by atoms with Gasteiger partial charge in [-0.15, -0.1) is 5.10 Å². The summed E-state index contributed by atoms with van der Waals surface area (Å²) in [4.78, 5) is 3.14. The van der Waals surface area contributed by atoms with Gasteiger partial charge in [-0.3, -0.25) is 0 Å². The molecule has 0 bridgehead atoms. The standard InChI is InChI=1S/C21H27N5/c1-4-17-10-12-18(13-11-17)21(25(2)3)16-22-14-19-15-23-26(24-19)20-8-6-5-7-9-20/h5-13,15,21-22H,4,14,16H2,1-3H3/p+2/t21-/m0/s1. The molecule has 0 aliphatic carbocycles. The predicted molar refractivity (Wildman–Crippen MR) is 103 cm³/mol. The number of aryl methyl sites for hydroxylation is 1. The summed E-state index contributed by atoms with van der Waals surface area (Å²) in [5, 5.41) is 11.3. The van der Waals surface area contributed by atoms with Crippen molar-refractivity contribution in [2.24, 2.45) is 0 Å². The number of benzene rings is 2. The molecule has 0 amide bonds. The molecule has 1 heterocycles. The van der Waals surface area contributed by atoms with Gasteiger partial charge in [0.25, 0.3) is 0 Å². The molecule has 3 N–H and O–H groups in total. The number of para-hydroxylation sites is 1. The van der Waals surface area contributed by atoms with Crippen LogP contribution in [0.1, 0.15) is 29.8 Å². The fraction of sp³-hybridized carbons (Fsp3) is 0.333. The molecular formula is C21H29N5+2. The first-order chi connectivity index (χ1) is 12.7. The second-order valence-corrected chi connectivity index (χ2v) is 6.91. The summed E-state index contributed by atoms with van der Waals surface area (Å²) in [5.41, 5.74) is 4.78. The van der Waals surface area contributed by atoms with E-state index in [1.54, 1.807) is 4.80 Å². The molecule has 0 radical (unpaired) electrons. The lowest BCUT2D eigenvalue weighted by Gasteiger charge is -2.20. The predicted octanol–water partition coefficient (Wildman–Crippen LogP) is 0.779. The number of likely N-dealkylation sites (N-methyl/N-ethyl adjacent to an activating group) is 1. The van der Waals surface area contributed by atoms with Crippen LogP contribution in [0.3, 0.4) is 0 Å². The van der Waals surface area contributed by atoms with Crippen LogP contribution in [0.2, 0.25) is 0 Å². The van der Waals surface area contributed by atoms with E-state index in [9.17, 15) is 0 Å². The molecule has 1 aromatic heterocycles. The summed E-state index contributed by atoms with van der Waals surface area (Å²) in [7, 11) is 4.44. The third kappa shape index (κ3) is 4.56. The van der Waals surface area contributed by atoms with E-state index in [2.05, 4.69) is 60.8 Å². The van der Waals surface area contributed by atoms with Gasteiger partial charge in [0.2, 0.25) is 0 Å². The molecule has 3 rings (SSSR count). The number of hydrogen-bond donors (Lipinski definition) is 2. The summed E-state index contributed by atoms with van der Waals surface area (Å²) in [5.74, 6) is 0. The van der Waals surface area contributed by atoms with Crippen LogP contribution in [0.25, 0.3) is 5.69 Å². The van der Waals surface area contributed by atoms with Crippen molar-refractivity contribution in [3.8, 4) is 5.69 Å². The number of nitrogens with one attached hydrogen (secondary N) is 1. The Balaban J connectivity index is 1.59. The SMILES string of the molecule is CCc1ccc([C@H](C[NH2+]Cc2cnn(-c3ccccc3)n2)[NH+](C)C)cc1. The van der Waals surface area contributed by atoms with Crippen LogP contribution in [0, 0.1) is 0 Å². The second kappa shape index (κ2) is 8.74. The zero-order valence-corrected chi connectivity index (χ0v) is 15.9. The van der Waals surface area contributed by atoms with Crippen molar-refractivity contribution in [3.05, 3.63) is 77.6 Å². The van der Waals surface area contributed by atoms with Crippen molar-refractivity contribution in [2.45, 2.75) is 25.9 Å². The highest BCUT2D eigenvalue weighted by atomic mass is 15.5. The number of nitrogens with two attached hydrogens (primary N) is 1. The van der Waals surface area contributed by atoms with Crippen molar-refractivity contribution in [1.29, 1.82) is 0 Å². The first-order valence-electron chi connectivity index (χ1n) is 9.34. The molecular weight excluding hydrogens is 322 g/mol. The van der Waals surface area contributed by atoms with Crippen LogP contribution in [0.15, 0.2) is 60.8 Å². The van der Waals surface area contributed by atoms with Crippen LogP contribution >= 0.6 is 0 Å². The van der Waals surface area contributed by atoms with Crippen molar-refractivity contribution in [3.63, 3.8) is 0 Å². The molecule has 0 saturated heterocycles. The highest BCUT2D eigenvalue weighted by Gasteiger charge is 2.20. The van der Waals surface area contributed by atoms with Crippen LogP contribution < -0.4 is 10.2 Å². The molecule has 3 aromatic rings. The summed E-state index contributed by atoms with van der Waals surface area (Å²) in [6.07, 6.45) is 2.94. The van der Waals surface area contributed by atoms with E-state index >= 15 is 0 Å². The summed E-state index contributed by atoms with van der Waals surface area (Å²) in [6, 6.07) is 19.5. The Labute approximate surface area is 155 Å². The Kier molecular flexibility index (Phi) is 6.15. The Morgan fingerprint density at radius 1 is 1.04 bits per heavy atom. The van der Waals surface area contributed by atoms with Gasteiger partial charge in [-0.05, 0) is 24.1 Å². The number of nitrogens with zero attached hydrogens (tertiary/aromatic N) is 3. The zero-order valence-electron chi connectivity index (χ0n) is 15.9. The molecule has 2 aromatic carbocycles. The van der Waals surface area contributed by atoms with Gasteiger partial charge in [-0.2, -0.15) is 9.90 Å². The molecule has 26 heavy (non-hydrogen) atoms.